The third kappa shape index (κ3) is 6.55. The molecule has 0 aliphatic rings. The zero-order chi connectivity index (χ0) is 22.3. The van der Waals surface area contributed by atoms with Gasteiger partial charge in [0.25, 0.3) is 15.9 Å². The quantitative estimate of drug-likeness (QED) is 0.465. The lowest BCUT2D eigenvalue weighted by Crippen LogP contribution is -2.27. The van der Waals surface area contributed by atoms with E-state index in [0.717, 1.165) is 11.1 Å². The van der Waals surface area contributed by atoms with Crippen molar-refractivity contribution in [3.8, 4) is 0 Å². The van der Waals surface area contributed by atoms with Crippen LogP contribution in [0.1, 0.15) is 21.5 Å². The van der Waals surface area contributed by atoms with E-state index in [9.17, 15) is 13.2 Å². The van der Waals surface area contributed by atoms with Gasteiger partial charge in [-0.25, -0.2) is 8.42 Å². The third-order valence-corrected chi connectivity index (χ3v) is 6.15. The van der Waals surface area contributed by atoms with Crippen LogP contribution < -0.4 is 10.0 Å². The number of aryl methyl sites for hydroxylation is 1. The molecule has 0 aliphatic carbocycles. The number of hydrogen-bond donors (Lipinski definition) is 2. The number of sulfonamides is 1. The smallest absolute Gasteiger partial charge is 0.261 e. The van der Waals surface area contributed by atoms with E-state index in [0.29, 0.717) is 19.8 Å². The highest BCUT2D eigenvalue weighted by Crippen LogP contribution is 2.23. The van der Waals surface area contributed by atoms with Crippen molar-refractivity contribution < 1.29 is 17.9 Å². The van der Waals surface area contributed by atoms with Crippen molar-refractivity contribution >= 4 is 33.2 Å². The maximum Gasteiger partial charge on any atom is 0.261 e. The molecule has 0 aliphatic heterocycles. The third-order valence-electron chi connectivity index (χ3n) is 4.44. The van der Waals surface area contributed by atoms with Gasteiger partial charge in [-0.3, -0.25) is 9.52 Å². The topological polar surface area (TPSA) is 84.5 Å². The number of hydrogen-bond acceptors (Lipinski definition) is 4. The monoisotopic (exact) mass is 458 g/mol. The van der Waals surface area contributed by atoms with Crippen LogP contribution in [-0.2, 0) is 21.4 Å². The van der Waals surface area contributed by atoms with Crippen LogP contribution >= 0.6 is 11.6 Å². The van der Waals surface area contributed by atoms with Crippen LogP contribution in [0.4, 0.5) is 5.69 Å². The number of anilines is 1. The van der Waals surface area contributed by atoms with Gasteiger partial charge in [0, 0.05) is 6.54 Å². The van der Waals surface area contributed by atoms with E-state index >= 15 is 0 Å². The number of benzene rings is 3. The van der Waals surface area contributed by atoms with Crippen molar-refractivity contribution in [3.63, 3.8) is 0 Å². The summed E-state index contributed by atoms with van der Waals surface area (Å²) in [5.74, 6) is -0.360. The van der Waals surface area contributed by atoms with E-state index in [1.165, 1.54) is 30.3 Å². The SMILES string of the molecule is Cc1ccc(S(=O)(=O)Nc2ccc(C(=O)NCCOCc3ccccc3)c(Cl)c2)cc1. The molecule has 0 unspecified atom stereocenters. The zero-order valence-corrected chi connectivity index (χ0v) is 18.5. The number of nitrogens with one attached hydrogen (secondary N) is 2. The maximum absolute atomic E-state index is 12.5. The van der Waals surface area contributed by atoms with Crippen molar-refractivity contribution in [1.29, 1.82) is 0 Å². The normalized spacial score (nSPS) is 11.2. The molecule has 31 heavy (non-hydrogen) atoms. The minimum absolute atomic E-state index is 0.145. The van der Waals surface area contributed by atoms with E-state index in [1.54, 1.807) is 12.1 Å². The van der Waals surface area contributed by atoms with Gasteiger partial charge in [-0.1, -0.05) is 59.6 Å². The molecule has 0 saturated heterocycles. The number of amides is 1. The van der Waals surface area contributed by atoms with Gasteiger partial charge in [-0.2, -0.15) is 0 Å². The second kappa shape index (κ2) is 10.4. The number of rotatable bonds is 9. The second-order valence-corrected chi connectivity index (χ2v) is 9.00. The molecule has 0 bridgehead atoms. The Labute approximate surface area is 187 Å². The van der Waals surface area contributed by atoms with Gasteiger partial charge in [0.05, 0.1) is 34.4 Å². The van der Waals surface area contributed by atoms with Gasteiger partial charge in [-0.15, -0.1) is 0 Å². The van der Waals surface area contributed by atoms with Crippen molar-refractivity contribution in [1.82, 2.24) is 5.32 Å². The number of halogens is 1. The number of ether oxygens (including phenoxy) is 1. The summed E-state index contributed by atoms with van der Waals surface area (Å²) in [4.78, 5) is 12.5. The summed E-state index contributed by atoms with van der Waals surface area (Å²) in [5, 5.41) is 2.88. The lowest BCUT2D eigenvalue weighted by atomic mass is 10.2. The Bertz CT molecular complexity index is 1130. The molecule has 1 amide bonds. The average molecular weight is 459 g/mol. The first-order valence-electron chi connectivity index (χ1n) is 9.64. The van der Waals surface area contributed by atoms with Gasteiger partial charge in [0.1, 0.15) is 0 Å². The minimum Gasteiger partial charge on any atom is -0.375 e. The first-order chi connectivity index (χ1) is 14.8. The largest absolute Gasteiger partial charge is 0.375 e. The van der Waals surface area contributed by atoms with Crippen molar-refractivity contribution in [2.75, 3.05) is 17.9 Å². The molecule has 3 aromatic rings. The molecule has 0 atom stereocenters. The maximum atomic E-state index is 12.5. The van der Waals surface area contributed by atoms with E-state index in [-0.39, 0.29) is 27.1 Å². The van der Waals surface area contributed by atoms with Gasteiger partial charge in [-0.05, 0) is 42.8 Å². The van der Waals surface area contributed by atoms with Crippen LogP contribution in [0.15, 0.2) is 77.7 Å². The van der Waals surface area contributed by atoms with E-state index < -0.39 is 10.0 Å². The van der Waals surface area contributed by atoms with Crippen molar-refractivity contribution in [2.45, 2.75) is 18.4 Å². The highest BCUT2D eigenvalue weighted by atomic mass is 35.5. The Morgan fingerprint density at radius 3 is 2.39 bits per heavy atom. The summed E-state index contributed by atoms with van der Waals surface area (Å²) in [5.41, 5.74) is 2.54. The Morgan fingerprint density at radius 2 is 1.71 bits per heavy atom. The Balaban J connectivity index is 1.53. The van der Waals surface area contributed by atoms with E-state index in [4.69, 9.17) is 16.3 Å². The predicted octanol–water partition coefficient (Wildman–Crippen LogP) is 4.40. The fourth-order valence-corrected chi connectivity index (χ4v) is 4.11. The zero-order valence-electron chi connectivity index (χ0n) is 17.0. The van der Waals surface area contributed by atoms with Gasteiger partial charge in [0.2, 0.25) is 0 Å². The van der Waals surface area contributed by atoms with Crippen LogP contribution in [0.3, 0.4) is 0 Å². The molecule has 162 valence electrons. The summed E-state index contributed by atoms with van der Waals surface area (Å²) in [7, 11) is -3.75. The molecule has 8 heteroatoms. The van der Waals surface area contributed by atoms with Gasteiger partial charge in [0.15, 0.2) is 0 Å². The van der Waals surface area contributed by atoms with Crippen LogP contribution in [0.25, 0.3) is 0 Å². The molecule has 0 radical (unpaired) electrons. The Morgan fingerprint density at radius 1 is 1.00 bits per heavy atom. The van der Waals surface area contributed by atoms with Gasteiger partial charge >= 0.3 is 0 Å². The first kappa shape index (κ1) is 22.8. The molecule has 3 aromatic carbocycles. The highest BCUT2D eigenvalue weighted by molar-refractivity contribution is 7.92. The Kier molecular flexibility index (Phi) is 7.68. The molecule has 6 nitrogen and oxygen atoms in total. The predicted molar refractivity (Wildman–Crippen MR) is 122 cm³/mol. The molecule has 0 fully saturated rings. The van der Waals surface area contributed by atoms with Crippen LogP contribution in [0.2, 0.25) is 5.02 Å². The summed E-state index contributed by atoms with van der Waals surface area (Å²) in [6.45, 7) is 3.02. The average Bonchev–Trinajstić information content (AvgIpc) is 2.74. The molecular weight excluding hydrogens is 436 g/mol. The summed E-state index contributed by atoms with van der Waals surface area (Å²) >= 11 is 6.21. The molecular formula is C23H23ClN2O4S. The van der Waals surface area contributed by atoms with Crippen molar-refractivity contribution in [3.05, 3.63) is 94.5 Å². The Hall–Kier alpha value is -2.87. The molecule has 2 N–H and O–H groups in total. The lowest BCUT2D eigenvalue weighted by molar-refractivity contribution is 0.0901. The van der Waals surface area contributed by atoms with E-state index in [1.807, 2.05) is 37.3 Å². The fraction of sp³-hybridized carbons (Fsp3) is 0.174. The fourth-order valence-electron chi connectivity index (χ4n) is 2.79. The second-order valence-electron chi connectivity index (χ2n) is 6.91. The summed E-state index contributed by atoms with van der Waals surface area (Å²) in [6, 6.07) is 20.6. The van der Waals surface area contributed by atoms with Crippen LogP contribution in [0, 0.1) is 6.92 Å². The number of carbonyl (C=O) groups excluding carboxylic acids is 1. The highest BCUT2D eigenvalue weighted by Gasteiger charge is 2.16. The minimum atomic E-state index is -3.75. The first-order valence-corrected chi connectivity index (χ1v) is 11.5. The lowest BCUT2D eigenvalue weighted by Gasteiger charge is -2.11. The van der Waals surface area contributed by atoms with Crippen molar-refractivity contribution in [2.24, 2.45) is 0 Å². The molecule has 0 spiro atoms. The molecule has 0 aromatic heterocycles. The standard InChI is InChI=1S/C23H23ClN2O4S/c1-17-7-10-20(11-8-17)31(28,29)26-19-9-12-21(22(24)15-19)23(27)25-13-14-30-16-18-5-3-2-4-6-18/h2-12,15,26H,13-14,16H2,1H3,(H,25,27). The van der Waals surface area contributed by atoms with Crippen LogP contribution in [0.5, 0.6) is 0 Å². The summed E-state index contributed by atoms with van der Waals surface area (Å²) < 4.78 is 33.0. The number of carbonyl (C=O) groups is 1. The van der Waals surface area contributed by atoms with E-state index in [2.05, 4.69) is 10.0 Å². The summed E-state index contributed by atoms with van der Waals surface area (Å²) in [6.07, 6.45) is 0. The van der Waals surface area contributed by atoms with Gasteiger partial charge < -0.3 is 10.1 Å². The van der Waals surface area contributed by atoms with Crippen LogP contribution in [-0.4, -0.2) is 27.5 Å². The molecule has 0 heterocycles. The molecule has 0 saturated carbocycles. The molecule has 3 rings (SSSR count).